The molecule has 6 aliphatic rings. The quantitative estimate of drug-likeness (QED) is 0.687. The Morgan fingerprint density at radius 3 is 3.00 bits per heavy atom. The first-order valence-electron chi connectivity index (χ1n) is 10.2. The molecule has 1 aliphatic carbocycles. The zero-order chi connectivity index (χ0) is 18.1. The minimum Gasteiger partial charge on any atom is -0.388 e. The Hall–Kier alpha value is -1.47. The van der Waals surface area contributed by atoms with Gasteiger partial charge in [-0.1, -0.05) is 18.2 Å². The standard InChI is InChI=1S/C21H24N2O4/c24-16-9-27-14-8-17(25)23-13-4-2-1-3-11(13)20-5-6-22-10-21(16,26)12(7-15(20)22)18(14)19(20)23/h1-4,12,14-16,18-19,24,26H,5-10H2/t12-,14+,15+,16?,18+,19+,20?,21?/m1/s1. The molecule has 5 heterocycles. The molecule has 27 heavy (non-hydrogen) atoms. The van der Waals surface area contributed by atoms with Gasteiger partial charge in [0.2, 0.25) is 5.91 Å². The predicted octanol–water partition coefficient (Wildman–Crippen LogP) is 0.258. The monoisotopic (exact) mass is 368 g/mol. The lowest BCUT2D eigenvalue weighted by Gasteiger charge is -2.62. The predicted molar refractivity (Wildman–Crippen MR) is 96.3 cm³/mol. The van der Waals surface area contributed by atoms with E-state index < -0.39 is 11.7 Å². The van der Waals surface area contributed by atoms with Crippen molar-refractivity contribution in [2.45, 2.75) is 54.6 Å². The van der Waals surface area contributed by atoms with E-state index >= 15 is 0 Å². The molecule has 6 nitrogen and oxygen atoms in total. The Morgan fingerprint density at radius 1 is 1.26 bits per heavy atom. The van der Waals surface area contributed by atoms with Crippen LogP contribution in [0.1, 0.15) is 24.8 Å². The van der Waals surface area contributed by atoms with Crippen LogP contribution in [0.25, 0.3) is 0 Å². The number of nitrogens with zero attached hydrogens (tertiary/aromatic N) is 2. The number of amides is 1. The maximum absolute atomic E-state index is 13.2. The molecule has 3 unspecified atom stereocenters. The molecule has 5 aliphatic heterocycles. The van der Waals surface area contributed by atoms with Crippen LogP contribution in [0.4, 0.5) is 5.69 Å². The second kappa shape index (κ2) is 4.57. The van der Waals surface area contributed by atoms with Crippen LogP contribution in [0.15, 0.2) is 24.3 Å². The van der Waals surface area contributed by atoms with Crippen molar-refractivity contribution in [3.05, 3.63) is 29.8 Å². The van der Waals surface area contributed by atoms with Crippen molar-refractivity contribution < 1.29 is 19.7 Å². The molecule has 2 bridgehead atoms. The fourth-order valence-electron chi connectivity index (χ4n) is 7.95. The van der Waals surface area contributed by atoms with Crippen LogP contribution < -0.4 is 4.90 Å². The number of anilines is 1. The second-order valence-corrected chi connectivity index (χ2v) is 9.50. The van der Waals surface area contributed by atoms with Gasteiger partial charge in [0.15, 0.2) is 0 Å². The molecule has 2 N–H and O–H groups in total. The molecule has 5 fully saturated rings. The Labute approximate surface area is 157 Å². The summed E-state index contributed by atoms with van der Waals surface area (Å²) in [5.41, 5.74) is 1.16. The third-order valence-corrected chi connectivity index (χ3v) is 8.84. The van der Waals surface area contributed by atoms with Crippen molar-refractivity contribution in [3.8, 4) is 0 Å². The van der Waals surface area contributed by atoms with Crippen LogP contribution in [0.5, 0.6) is 0 Å². The largest absolute Gasteiger partial charge is 0.388 e. The topological polar surface area (TPSA) is 73.2 Å². The zero-order valence-corrected chi connectivity index (χ0v) is 15.1. The lowest BCUT2D eigenvalue weighted by atomic mass is 9.51. The van der Waals surface area contributed by atoms with E-state index in [1.54, 1.807) is 0 Å². The van der Waals surface area contributed by atoms with Gasteiger partial charge in [-0.2, -0.15) is 0 Å². The van der Waals surface area contributed by atoms with Crippen molar-refractivity contribution in [1.29, 1.82) is 0 Å². The van der Waals surface area contributed by atoms with Gasteiger partial charge in [-0.25, -0.2) is 0 Å². The van der Waals surface area contributed by atoms with Gasteiger partial charge in [0.05, 0.1) is 25.2 Å². The molecule has 0 aromatic heterocycles. The highest BCUT2D eigenvalue weighted by Crippen LogP contribution is 2.66. The molecule has 1 saturated carbocycles. The first-order valence-corrected chi connectivity index (χ1v) is 10.2. The number of hydrogen-bond donors (Lipinski definition) is 2. The number of carbonyl (C=O) groups excluding carboxylic acids is 1. The molecule has 1 spiro atoms. The SMILES string of the molecule is O=C1C[C@@H]2OCC(O)C3(O)CN4CCC56c7ccccc7N1[C@H]5[C@H]2[C@H]3C[C@H]46. The van der Waals surface area contributed by atoms with Crippen molar-refractivity contribution >= 4 is 11.6 Å². The summed E-state index contributed by atoms with van der Waals surface area (Å²) in [6.07, 6.45) is 1.14. The highest BCUT2D eigenvalue weighted by Gasteiger charge is 2.74. The minimum absolute atomic E-state index is 0.0256. The minimum atomic E-state index is -1.15. The van der Waals surface area contributed by atoms with Crippen LogP contribution in [-0.2, 0) is 14.9 Å². The van der Waals surface area contributed by atoms with Gasteiger partial charge in [-0.05, 0) is 31.0 Å². The van der Waals surface area contributed by atoms with Gasteiger partial charge in [-0.15, -0.1) is 0 Å². The normalized spacial score (nSPS) is 51.9. The molecule has 6 heteroatoms. The number of piperidine rings is 2. The Kier molecular flexibility index (Phi) is 2.61. The summed E-state index contributed by atoms with van der Waals surface area (Å²) in [5.74, 6) is 0.181. The molecule has 142 valence electrons. The molecule has 8 atom stereocenters. The first kappa shape index (κ1) is 15.5. The van der Waals surface area contributed by atoms with Gasteiger partial charge in [0.1, 0.15) is 11.7 Å². The molecule has 1 aromatic carbocycles. The van der Waals surface area contributed by atoms with E-state index in [4.69, 9.17) is 4.74 Å². The van der Waals surface area contributed by atoms with E-state index in [0.717, 1.165) is 25.1 Å². The first-order chi connectivity index (χ1) is 13.1. The fourth-order valence-corrected chi connectivity index (χ4v) is 7.95. The molecule has 1 amide bonds. The third-order valence-electron chi connectivity index (χ3n) is 8.84. The maximum atomic E-state index is 13.2. The summed E-state index contributed by atoms with van der Waals surface area (Å²) in [7, 11) is 0. The highest BCUT2D eigenvalue weighted by atomic mass is 16.5. The van der Waals surface area contributed by atoms with Gasteiger partial charge in [0.25, 0.3) is 0 Å². The van der Waals surface area contributed by atoms with E-state index in [-0.39, 0.29) is 41.9 Å². The molecular formula is C21H24N2O4. The van der Waals surface area contributed by atoms with Gasteiger partial charge >= 0.3 is 0 Å². The Bertz CT molecular complexity index is 875. The highest BCUT2D eigenvalue weighted by molar-refractivity contribution is 5.99. The average molecular weight is 368 g/mol. The van der Waals surface area contributed by atoms with Gasteiger partial charge in [0, 0.05) is 35.5 Å². The van der Waals surface area contributed by atoms with Crippen molar-refractivity contribution in [2.75, 3.05) is 24.6 Å². The van der Waals surface area contributed by atoms with E-state index in [0.29, 0.717) is 19.0 Å². The number of carbonyl (C=O) groups is 1. The van der Waals surface area contributed by atoms with Crippen molar-refractivity contribution in [3.63, 3.8) is 0 Å². The molecule has 1 aromatic rings. The van der Waals surface area contributed by atoms with E-state index in [1.165, 1.54) is 5.56 Å². The second-order valence-electron chi connectivity index (χ2n) is 9.50. The third kappa shape index (κ3) is 1.49. The van der Waals surface area contributed by atoms with Crippen LogP contribution in [-0.4, -0.2) is 70.6 Å². The molecule has 7 rings (SSSR count). The summed E-state index contributed by atoms with van der Waals surface area (Å²) in [4.78, 5) is 17.7. The average Bonchev–Trinajstić information content (AvgIpc) is 3.17. The lowest BCUT2D eigenvalue weighted by molar-refractivity contribution is -0.184. The number of rotatable bonds is 0. The summed E-state index contributed by atoms with van der Waals surface area (Å²) in [6.45, 7) is 1.55. The number of ether oxygens (including phenoxy) is 1. The molecule has 0 radical (unpaired) electrons. The summed E-state index contributed by atoms with van der Waals surface area (Å²) in [6, 6.07) is 8.78. The van der Waals surface area contributed by atoms with E-state index in [2.05, 4.69) is 23.1 Å². The number of aliphatic hydroxyl groups is 2. The van der Waals surface area contributed by atoms with Gasteiger partial charge in [-0.3, -0.25) is 9.69 Å². The maximum Gasteiger partial charge on any atom is 0.229 e. The lowest BCUT2D eigenvalue weighted by Crippen LogP contribution is -2.74. The van der Waals surface area contributed by atoms with Crippen molar-refractivity contribution in [1.82, 2.24) is 4.90 Å². The van der Waals surface area contributed by atoms with Crippen LogP contribution in [0, 0.1) is 11.8 Å². The van der Waals surface area contributed by atoms with E-state index in [9.17, 15) is 15.0 Å². The number of para-hydroxylation sites is 1. The molecular weight excluding hydrogens is 344 g/mol. The van der Waals surface area contributed by atoms with Crippen LogP contribution in [0.2, 0.25) is 0 Å². The summed E-state index contributed by atoms with van der Waals surface area (Å²) < 4.78 is 6.09. The van der Waals surface area contributed by atoms with Crippen molar-refractivity contribution in [2.24, 2.45) is 11.8 Å². The Balaban J connectivity index is 1.53. The Morgan fingerprint density at radius 2 is 2.11 bits per heavy atom. The summed E-state index contributed by atoms with van der Waals surface area (Å²) >= 11 is 0. The number of hydrogen-bond acceptors (Lipinski definition) is 5. The number of benzene rings is 1. The van der Waals surface area contributed by atoms with Crippen LogP contribution >= 0.6 is 0 Å². The van der Waals surface area contributed by atoms with Crippen LogP contribution in [0.3, 0.4) is 0 Å². The smallest absolute Gasteiger partial charge is 0.229 e. The summed E-state index contributed by atoms with van der Waals surface area (Å²) in [5, 5.41) is 22.4. The number of aliphatic hydroxyl groups excluding tert-OH is 1. The fraction of sp³-hybridized carbons (Fsp3) is 0.667. The zero-order valence-electron chi connectivity index (χ0n) is 15.1. The molecule has 4 saturated heterocycles. The van der Waals surface area contributed by atoms with Gasteiger partial charge < -0.3 is 19.8 Å². The van der Waals surface area contributed by atoms with E-state index in [1.807, 2.05) is 11.0 Å². The number of fused-ring (bicyclic) bond motifs is 2.